The smallest absolute Gasteiger partial charge is 0.303 e. The molecule has 1 aliphatic rings. The van der Waals surface area contributed by atoms with Crippen molar-refractivity contribution in [2.45, 2.75) is 57.3 Å². The van der Waals surface area contributed by atoms with Gasteiger partial charge in [0.25, 0.3) is 0 Å². The molecule has 0 unspecified atom stereocenters. The molecule has 17 heavy (non-hydrogen) atoms. The van der Waals surface area contributed by atoms with Gasteiger partial charge in [-0.3, -0.25) is 4.79 Å². The maximum absolute atomic E-state index is 10.5. The van der Waals surface area contributed by atoms with Crippen LogP contribution >= 0.6 is 0 Å². The van der Waals surface area contributed by atoms with Crippen molar-refractivity contribution in [3.63, 3.8) is 0 Å². The van der Waals surface area contributed by atoms with Crippen LogP contribution in [0.25, 0.3) is 0 Å². The van der Waals surface area contributed by atoms with Gasteiger partial charge in [0.2, 0.25) is 0 Å². The third-order valence-electron chi connectivity index (χ3n) is 3.40. The highest BCUT2D eigenvalue weighted by atomic mass is 16.4. The lowest BCUT2D eigenvalue weighted by Crippen LogP contribution is -2.00. The molecule has 2 rings (SSSR count). The Hall–Kier alpha value is -1.32. The van der Waals surface area contributed by atoms with E-state index in [4.69, 9.17) is 9.52 Å². The van der Waals surface area contributed by atoms with Gasteiger partial charge in [-0.05, 0) is 12.8 Å². The number of oxazole rings is 1. The average Bonchev–Trinajstić information content (AvgIpc) is 2.60. The van der Waals surface area contributed by atoms with Gasteiger partial charge < -0.3 is 9.52 Å². The molecule has 4 nitrogen and oxygen atoms in total. The van der Waals surface area contributed by atoms with Crippen molar-refractivity contribution < 1.29 is 14.3 Å². The van der Waals surface area contributed by atoms with Gasteiger partial charge in [-0.2, -0.15) is 0 Å². The first-order valence-corrected chi connectivity index (χ1v) is 6.42. The van der Waals surface area contributed by atoms with Crippen molar-refractivity contribution in [1.82, 2.24) is 4.98 Å². The molecule has 1 saturated carbocycles. The molecule has 0 radical (unpaired) electrons. The number of carboxylic acid groups (broad SMARTS) is 1. The molecule has 0 aliphatic heterocycles. The van der Waals surface area contributed by atoms with Gasteiger partial charge in [0.15, 0.2) is 5.89 Å². The summed E-state index contributed by atoms with van der Waals surface area (Å²) >= 11 is 0. The summed E-state index contributed by atoms with van der Waals surface area (Å²) in [5.74, 6) is 0.269. The highest BCUT2D eigenvalue weighted by Crippen LogP contribution is 2.31. The SMILES string of the molecule is O=C(O)CCc1nc(C2CCCCCC2)co1. The van der Waals surface area contributed by atoms with Crippen LogP contribution < -0.4 is 0 Å². The second-order valence-electron chi connectivity index (χ2n) is 4.75. The quantitative estimate of drug-likeness (QED) is 0.817. The molecule has 0 amide bonds. The first-order valence-electron chi connectivity index (χ1n) is 6.42. The Morgan fingerprint density at radius 1 is 1.35 bits per heavy atom. The van der Waals surface area contributed by atoms with Gasteiger partial charge in [-0.1, -0.05) is 25.7 Å². The van der Waals surface area contributed by atoms with Crippen LogP contribution in [-0.4, -0.2) is 16.1 Å². The Bertz CT molecular complexity index is 364. The minimum atomic E-state index is -0.806. The standard InChI is InChI=1S/C13H19NO3/c15-13(16)8-7-12-14-11(9-17-12)10-5-3-1-2-4-6-10/h9-10H,1-8H2,(H,15,16). The number of aromatic nitrogens is 1. The van der Waals surface area contributed by atoms with Gasteiger partial charge in [0.1, 0.15) is 6.26 Å². The van der Waals surface area contributed by atoms with Crippen LogP contribution in [-0.2, 0) is 11.2 Å². The molecule has 94 valence electrons. The molecule has 1 aromatic rings. The average molecular weight is 237 g/mol. The lowest BCUT2D eigenvalue weighted by Gasteiger charge is -2.08. The summed E-state index contributed by atoms with van der Waals surface area (Å²) in [6, 6.07) is 0. The molecule has 1 fully saturated rings. The predicted octanol–water partition coefficient (Wildman–Crippen LogP) is 3.13. The van der Waals surface area contributed by atoms with E-state index in [1.54, 1.807) is 6.26 Å². The molecule has 0 bridgehead atoms. The van der Waals surface area contributed by atoms with Gasteiger partial charge in [0, 0.05) is 12.3 Å². The van der Waals surface area contributed by atoms with Crippen LogP contribution in [0.1, 0.15) is 62.4 Å². The second kappa shape index (κ2) is 5.84. The maximum atomic E-state index is 10.5. The largest absolute Gasteiger partial charge is 0.481 e. The molecule has 0 spiro atoms. The third kappa shape index (κ3) is 3.58. The number of nitrogens with zero attached hydrogens (tertiary/aromatic N) is 1. The molecule has 1 N–H and O–H groups in total. The molecular weight excluding hydrogens is 218 g/mol. The molecule has 0 saturated heterocycles. The van der Waals surface area contributed by atoms with Crippen LogP contribution in [0.3, 0.4) is 0 Å². The van der Waals surface area contributed by atoms with E-state index in [0.29, 0.717) is 18.2 Å². The Morgan fingerprint density at radius 2 is 2.06 bits per heavy atom. The number of aryl methyl sites for hydroxylation is 1. The van der Waals surface area contributed by atoms with Gasteiger partial charge in [-0.25, -0.2) is 4.98 Å². The molecule has 0 aromatic carbocycles. The predicted molar refractivity (Wildman–Crippen MR) is 62.9 cm³/mol. The Kier molecular flexibility index (Phi) is 4.18. The zero-order valence-corrected chi connectivity index (χ0v) is 10.0. The molecular formula is C13H19NO3. The number of aliphatic carboxylic acids is 1. The Balaban J connectivity index is 1.94. The molecule has 1 heterocycles. The topological polar surface area (TPSA) is 63.3 Å². The van der Waals surface area contributed by atoms with E-state index in [2.05, 4.69) is 4.98 Å². The molecule has 1 aromatic heterocycles. The van der Waals surface area contributed by atoms with Crippen LogP contribution in [0.4, 0.5) is 0 Å². The van der Waals surface area contributed by atoms with E-state index < -0.39 is 5.97 Å². The van der Waals surface area contributed by atoms with Crippen molar-refractivity contribution in [2.24, 2.45) is 0 Å². The van der Waals surface area contributed by atoms with E-state index in [1.807, 2.05) is 0 Å². The zero-order chi connectivity index (χ0) is 12.1. The molecule has 4 heteroatoms. The second-order valence-corrected chi connectivity index (χ2v) is 4.75. The van der Waals surface area contributed by atoms with E-state index in [0.717, 1.165) is 5.69 Å². The summed E-state index contributed by atoms with van der Waals surface area (Å²) in [7, 11) is 0. The lowest BCUT2D eigenvalue weighted by molar-refractivity contribution is -0.137. The van der Waals surface area contributed by atoms with Crippen molar-refractivity contribution in [1.29, 1.82) is 0 Å². The maximum Gasteiger partial charge on any atom is 0.303 e. The zero-order valence-electron chi connectivity index (χ0n) is 10.0. The monoisotopic (exact) mass is 237 g/mol. The Morgan fingerprint density at radius 3 is 2.71 bits per heavy atom. The summed E-state index contributed by atoms with van der Waals surface area (Å²) < 4.78 is 5.33. The minimum absolute atomic E-state index is 0.0879. The highest BCUT2D eigenvalue weighted by molar-refractivity contribution is 5.66. The normalized spacial score (nSPS) is 17.9. The van der Waals surface area contributed by atoms with Crippen molar-refractivity contribution in [3.05, 3.63) is 17.8 Å². The molecule has 1 aliphatic carbocycles. The summed E-state index contributed by atoms with van der Waals surface area (Å²) in [5, 5.41) is 8.60. The highest BCUT2D eigenvalue weighted by Gasteiger charge is 2.18. The molecule has 0 atom stereocenters. The van der Waals surface area contributed by atoms with E-state index >= 15 is 0 Å². The Labute approximate surface area is 101 Å². The minimum Gasteiger partial charge on any atom is -0.481 e. The summed E-state index contributed by atoms with van der Waals surface area (Å²) in [6.07, 6.45) is 9.74. The van der Waals surface area contributed by atoms with E-state index in [1.165, 1.54) is 38.5 Å². The number of carbonyl (C=O) groups is 1. The van der Waals surface area contributed by atoms with E-state index in [-0.39, 0.29) is 6.42 Å². The summed E-state index contributed by atoms with van der Waals surface area (Å²) in [6.45, 7) is 0. The van der Waals surface area contributed by atoms with Crippen molar-refractivity contribution >= 4 is 5.97 Å². The number of rotatable bonds is 4. The van der Waals surface area contributed by atoms with Crippen molar-refractivity contribution in [3.8, 4) is 0 Å². The van der Waals surface area contributed by atoms with Gasteiger partial charge in [-0.15, -0.1) is 0 Å². The van der Waals surface area contributed by atoms with Crippen LogP contribution in [0, 0.1) is 0 Å². The number of carboxylic acids is 1. The fraction of sp³-hybridized carbons (Fsp3) is 0.692. The van der Waals surface area contributed by atoms with Gasteiger partial charge in [0.05, 0.1) is 12.1 Å². The van der Waals surface area contributed by atoms with Crippen LogP contribution in [0.2, 0.25) is 0 Å². The van der Waals surface area contributed by atoms with Crippen LogP contribution in [0.15, 0.2) is 10.7 Å². The first-order chi connectivity index (χ1) is 8.25. The fourth-order valence-corrected chi connectivity index (χ4v) is 2.42. The van der Waals surface area contributed by atoms with E-state index in [9.17, 15) is 4.79 Å². The fourth-order valence-electron chi connectivity index (χ4n) is 2.42. The van der Waals surface area contributed by atoms with Crippen LogP contribution in [0.5, 0.6) is 0 Å². The number of hydrogen-bond acceptors (Lipinski definition) is 3. The van der Waals surface area contributed by atoms with Gasteiger partial charge >= 0.3 is 5.97 Å². The lowest BCUT2D eigenvalue weighted by atomic mass is 9.97. The van der Waals surface area contributed by atoms with Crippen molar-refractivity contribution in [2.75, 3.05) is 0 Å². The first kappa shape index (κ1) is 12.1. The summed E-state index contributed by atoms with van der Waals surface area (Å²) in [4.78, 5) is 14.9. The third-order valence-corrected chi connectivity index (χ3v) is 3.40. The summed E-state index contributed by atoms with van der Waals surface area (Å²) in [5.41, 5.74) is 1.02. The number of hydrogen-bond donors (Lipinski definition) is 1.